The summed E-state index contributed by atoms with van der Waals surface area (Å²) in [5.41, 5.74) is 8.09. The lowest BCUT2D eigenvalue weighted by molar-refractivity contribution is 0.167. The molecule has 6 rings (SSSR count). The van der Waals surface area contributed by atoms with Crippen molar-refractivity contribution in [1.29, 1.82) is 5.26 Å². The molecule has 6 heteroatoms. The molecule has 4 aliphatic rings. The van der Waals surface area contributed by atoms with E-state index in [1.807, 2.05) is 18.2 Å². The molecule has 6 nitrogen and oxygen atoms in total. The zero-order valence-corrected chi connectivity index (χ0v) is 22.2. The molecule has 3 heterocycles. The first-order valence-electron chi connectivity index (χ1n) is 14.1. The molecule has 1 saturated carbocycles. The largest absolute Gasteiger partial charge is 0.381 e. The molecule has 0 radical (unpaired) electrons. The van der Waals surface area contributed by atoms with Crippen LogP contribution in [-0.4, -0.2) is 45.1 Å². The van der Waals surface area contributed by atoms with Crippen molar-refractivity contribution in [1.82, 2.24) is 19.9 Å². The molecule has 1 fully saturated rings. The predicted octanol–water partition coefficient (Wildman–Crippen LogP) is 6.03. The van der Waals surface area contributed by atoms with Crippen LogP contribution in [0.5, 0.6) is 0 Å². The number of anilines is 1. The molecule has 1 aromatic carbocycles. The van der Waals surface area contributed by atoms with Gasteiger partial charge in [-0.15, -0.1) is 5.10 Å². The summed E-state index contributed by atoms with van der Waals surface area (Å²) in [4.78, 5) is 2.72. The number of benzene rings is 1. The highest BCUT2D eigenvalue weighted by atomic mass is 15.4. The third-order valence-electron chi connectivity index (χ3n) is 9.26. The van der Waals surface area contributed by atoms with E-state index >= 15 is 0 Å². The molecule has 2 atom stereocenters. The maximum Gasteiger partial charge on any atom is 0.0992 e. The van der Waals surface area contributed by atoms with Crippen LogP contribution in [-0.2, 0) is 6.54 Å². The molecule has 1 N–H and O–H groups in total. The van der Waals surface area contributed by atoms with Crippen LogP contribution >= 0.6 is 0 Å². The highest BCUT2D eigenvalue weighted by molar-refractivity contribution is 5.75. The number of aromatic nitrogens is 3. The van der Waals surface area contributed by atoms with Gasteiger partial charge in [-0.05, 0) is 73.9 Å². The lowest BCUT2D eigenvalue weighted by atomic mass is 9.66. The Morgan fingerprint density at radius 1 is 1.08 bits per heavy atom. The van der Waals surface area contributed by atoms with Crippen LogP contribution < -0.4 is 5.32 Å². The number of nitrogens with one attached hydrogen (secondary N) is 1. The van der Waals surface area contributed by atoms with Crippen LogP contribution in [0.1, 0.15) is 75.2 Å². The molecule has 0 saturated heterocycles. The van der Waals surface area contributed by atoms with Crippen molar-refractivity contribution in [2.45, 2.75) is 83.8 Å². The SMILES string of the molecule is Cc1nnn2c1C1=CC=C(C3=CCN(C4CCCCC4)CC3)CC1(C)C(Nc1cccc(C#N)c1)CC2. The van der Waals surface area contributed by atoms with Crippen molar-refractivity contribution >= 4 is 11.3 Å². The highest BCUT2D eigenvalue weighted by Gasteiger charge is 2.44. The van der Waals surface area contributed by atoms with Gasteiger partial charge in [0.15, 0.2) is 0 Å². The number of fused-ring (bicyclic) bond motifs is 3. The normalized spacial score (nSPS) is 26.6. The van der Waals surface area contributed by atoms with Gasteiger partial charge < -0.3 is 5.32 Å². The maximum atomic E-state index is 9.43. The first-order valence-corrected chi connectivity index (χ1v) is 14.1. The van der Waals surface area contributed by atoms with Crippen molar-refractivity contribution in [2.24, 2.45) is 5.41 Å². The van der Waals surface area contributed by atoms with E-state index in [0.29, 0.717) is 5.56 Å². The Kier molecular flexibility index (Phi) is 6.50. The molecule has 0 spiro atoms. The van der Waals surface area contributed by atoms with Crippen molar-refractivity contribution in [2.75, 3.05) is 18.4 Å². The molecule has 2 unspecified atom stereocenters. The molecule has 0 bridgehead atoms. The van der Waals surface area contributed by atoms with E-state index < -0.39 is 0 Å². The second-order valence-corrected chi connectivity index (χ2v) is 11.6. The van der Waals surface area contributed by atoms with E-state index in [1.54, 1.807) is 0 Å². The molecule has 0 amide bonds. The average Bonchev–Trinajstić information content (AvgIpc) is 3.25. The molecule has 1 aromatic heterocycles. The summed E-state index contributed by atoms with van der Waals surface area (Å²) in [6.07, 6.45) is 17.3. The van der Waals surface area contributed by atoms with Gasteiger partial charge in [0.05, 0.1) is 23.0 Å². The summed E-state index contributed by atoms with van der Waals surface area (Å²) in [7, 11) is 0. The van der Waals surface area contributed by atoms with Crippen LogP contribution in [0.2, 0.25) is 0 Å². The smallest absolute Gasteiger partial charge is 0.0992 e. The van der Waals surface area contributed by atoms with Gasteiger partial charge in [-0.25, -0.2) is 4.68 Å². The zero-order chi connectivity index (χ0) is 25.4. The third-order valence-corrected chi connectivity index (χ3v) is 9.26. The van der Waals surface area contributed by atoms with Crippen LogP contribution in [0.25, 0.3) is 5.57 Å². The first kappa shape index (κ1) is 24.2. The van der Waals surface area contributed by atoms with E-state index in [9.17, 15) is 5.26 Å². The summed E-state index contributed by atoms with van der Waals surface area (Å²) in [6.45, 7) is 7.58. The second kappa shape index (κ2) is 9.95. The van der Waals surface area contributed by atoms with Crippen LogP contribution in [0.4, 0.5) is 5.69 Å². The Bertz CT molecular complexity index is 1300. The summed E-state index contributed by atoms with van der Waals surface area (Å²) in [6, 6.07) is 11.1. The van der Waals surface area contributed by atoms with Gasteiger partial charge in [0, 0.05) is 42.8 Å². The summed E-state index contributed by atoms with van der Waals surface area (Å²) < 4.78 is 2.09. The minimum Gasteiger partial charge on any atom is -0.381 e. The minimum absolute atomic E-state index is 0.116. The van der Waals surface area contributed by atoms with E-state index in [2.05, 4.69) is 69.4 Å². The fraction of sp³-hybridized carbons (Fsp3) is 0.516. The molecule has 2 aliphatic carbocycles. The monoisotopic (exact) mass is 494 g/mol. The summed E-state index contributed by atoms with van der Waals surface area (Å²) in [5, 5.41) is 22.2. The number of nitriles is 1. The zero-order valence-electron chi connectivity index (χ0n) is 22.2. The molecule has 37 heavy (non-hydrogen) atoms. The van der Waals surface area contributed by atoms with E-state index in [4.69, 9.17) is 0 Å². The van der Waals surface area contributed by atoms with Crippen LogP contribution in [0.15, 0.2) is 53.6 Å². The summed E-state index contributed by atoms with van der Waals surface area (Å²) >= 11 is 0. The Balaban J connectivity index is 1.31. The van der Waals surface area contributed by atoms with Gasteiger partial charge in [-0.3, -0.25) is 4.90 Å². The van der Waals surface area contributed by atoms with Gasteiger partial charge in [-0.1, -0.05) is 55.7 Å². The lowest BCUT2D eigenvalue weighted by Crippen LogP contribution is -2.41. The molecule has 2 aliphatic heterocycles. The summed E-state index contributed by atoms with van der Waals surface area (Å²) in [5.74, 6) is 0. The Hall–Kier alpha value is -3.17. The number of aryl methyl sites for hydroxylation is 2. The van der Waals surface area contributed by atoms with Crippen LogP contribution in [0.3, 0.4) is 0 Å². The standard InChI is InChI=1S/C31H38N6/c1-22-30-28-12-11-25(24-13-16-36(17-14-24)27-9-4-3-5-10-27)20-31(28,2)29(15-18-37(30)35-34-22)33-26-8-6-7-23(19-26)21-32/h6-8,11-13,19,27,29,33H,3-5,9-10,14-18,20H2,1-2H3. The van der Waals surface area contributed by atoms with E-state index in [1.165, 1.54) is 61.1 Å². The molecular formula is C31H38N6. The van der Waals surface area contributed by atoms with Gasteiger partial charge in [0.1, 0.15) is 0 Å². The Labute approximate surface area is 220 Å². The first-order chi connectivity index (χ1) is 18.0. The fourth-order valence-corrected chi connectivity index (χ4v) is 7.13. The van der Waals surface area contributed by atoms with Crippen molar-refractivity contribution in [3.05, 3.63) is 70.6 Å². The minimum atomic E-state index is -0.116. The maximum absolute atomic E-state index is 9.43. The number of nitrogens with zero attached hydrogens (tertiary/aromatic N) is 5. The number of rotatable bonds is 4. The average molecular weight is 495 g/mol. The Morgan fingerprint density at radius 2 is 1.95 bits per heavy atom. The quantitative estimate of drug-likeness (QED) is 0.562. The van der Waals surface area contributed by atoms with Gasteiger partial charge in [0.25, 0.3) is 0 Å². The van der Waals surface area contributed by atoms with Gasteiger partial charge >= 0.3 is 0 Å². The highest BCUT2D eigenvalue weighted by Crippen LogP contribution is 2.51. The fourth-order valence-electron chi connectivity index (χ4n) is 7.13. The van der Waals surface area contributed by atoms with Crippen molar-refractivity contribution in [3.8, 4) is 6.07 Å². The third kappa shape index (κ3) is 4.55. The topological polar surface area (TPSA) is 69.8 Å². The van der Waals surface area contributed by atoms with Gasteiger partial charge in [-0.2, -0.15) is 5.26 Å². The number of hydrogen-bond donors (Lipinski definition) is 1. The van der Waals surface area contributed by atoms with Crippen molar-refractivity contribution < 1.29 is 0 Å². The van der Waals surface area contributed by atoms with Crippen LogP contribution in [0, 0.1) is 23.7 Å². The van der Waals surface area contributed by atoms with Crippen molar-refractivity contribution in [3.63, 3.8) is 0 Å². The molecule has 192 valence electrons. The number of allylic oxidation sites excluding steroid dienone is 3. The second-order valence-electron chi connectivity index (χ2n) is 11.6. The number of hydrogen-bond acceptors (Lipinski definition) is 5. The predicted molar refractivity (Wildman–Crippen MR) is 148 cm³/mol. The molecular weight excluding hydrogens is 456 g/mol. The Morgan fingerprint density at radius 3 is 2.73 bits per heavy atom. The van der Waals surface area contributed by atoms with Gasteiger partial charge in [0.2, 0.25) is 0 Å². The molecule has 2 aromatic rings. The lowest BCUT2D eigenvalue weighted by Gasteiger charge is -2.43. The van der Waals surface area contributed by atoms with E-state index in [0.717, 1.165) is 49.8 Å². The van der Waals surface area contributed by atoms with E-state index in [-0.39, 0.29) is 11.5 Å².